The molecule has 4 rings (SSSR count). The molecule has 1 aromatic heterocycles. The third-order valence-electron chi connectivity index (χ3n) is 4.22. The normalized spacial score (nSPS) is 18.9. The average molecular weight is 314 g/mol. The fraction of sp³-hybridized carbons (Fsp3) is 0.222. The van der Waals surface area contributed by atoms with Crippen molar-refractivity contribution in [1.29, 1.82) is 0 Å². The van der Waals surface area contributed by atoms with Gasteiger partial charge in [-0.15, -0.1) is 11.3 Å². The van der Waals surface area contributed by atoms with Crippen LogP contribution in [0.15, 0.2) is 48.5 Å². The number of thiophene rings is 1. The van der Waals surface area contributed by atoms with Crippen LogP contribution in [0.25, 0.3) is 10.1 Å². The van der Waals surface area contributed by atoms with Crippen LogP contribution < -0.4 is 0 Å². The van der Waals surface area contributed by atoms with Gasteiger partial charge >= 0.3 is 0 Å². The molecule has 0 spiro atoms. The van der Waals surface area contributed by atoms with Crippen molar-refractivity contribution in [3.8, 4) is 0 Å². The van der Waals surface area contributed by atoms with Crippen LogP contribution in [0.5, 0.6) is 0 Å². The summed E-state index contributed by atoms with van der Waals surface area (Å²) in [6, 6.07) is 17.3. The van der Waals surface area contributed by atoms with Gasteiger partial charge < -0.3 is 4.90 Å². The first-order valence-electron chi connectivity index (χ1n) is 7.16. The largest absolute Gasteiger partial charge is 0.301 e. The topological polar surface area (TPSA) is 3.24 Å². The maximum atomic E-state index is 6.34. The highest BCUT2D eigenvalue weighted by molar-refractivity contribution is 7.19. The van der Waals surface area contributed by atoms with Crippen LogP contribution in [-0.2, 0) is 6.54 Å². The van der Waals surface area contributed by atoms with E-state index in [1.807, 2.05) is 23.5 Å². The number of fused-ring (bicyclic) bond motifs is 2. The molecule has 0 amide bonds. The summed E-state index contributed by atoms with van der Waals surface area (Å²) < 4.78 is 1.21. The zero-order valence-electron chi connectivity index (χ0n) is 11.8. The summed E-state index contributed by atoms with van der Waals surface area (Å²) in [7, 11) is 2.20. The van der Waals surface area contributed by atoms with Crippen molar-refractivity contribution in [3.63, 3.8) is 0 Å². The van der Waals surface area contributed by atoms with E-state index in [-0.39, 0.29) is 0 Å². The first kappa shape index (κ1) is 13.3. The number of likely N-dealkylation sites (N-methyl/N-ethyl adjacent to an activating group) is 1. The van der Waals surface area contributed by atoms with Gasteiger partial charge in [-0.2, -0.15) is 0 Å². The lowest BCUT2D eigenvalue weighted by Gasteiger charge is -2.31. The first-order chi connectivity index (χ1) is 10.2. The molecule has 0 bridgehead atoms. The van der Waals surface area contributed by atoms with Gasteiger partial charge in [-0.05, 0) is 35.7 Å². The summed E-state index contributed by atoms with van der Waals surface area (Å²) >= 11 is 8.18. The molecule has 106 valence electrons. The summed E-state index contributed by atoms with van der Waals surface area (Å²) in [6.07, 6.45) is 0. The number of rotatable bonds is 1. The van der Waals surface area contributed by atoms with Gasteiger partial charge in [-0.3, -0.25) is 0 Å². The SMILES string of the molecule is CN1Cc2ccccc2C(c2cc3cccc(Cl)c3s2)C1. The highest BCUT2D eigenvalue weighted by Crippen LogP contribution is 2.40. The summed E-state index contributed by atoms with van der Waals surface area (Å²) in [6.45, 7) is 2.11. The monoisotopic (exact) mass is 313 g/mol. The Morgan fingerprint density at radius 2 is 2.00 bits per heavy atom. The van der Waals surface area contributed by atoms with E-state index in [2.05, 4.69) is 48.3 Å². The quantitative estimate of drug-likeness (QED) is 0.602. The van der Waals surface area contributed by atoms with Crippen molar-refractivity contribution in [2.75, 3.05) is 13.6 Å². The Kier molecular flexibility index (Phi) is 3.26. The maximum absolute atomic E-state index is 6.34. The molecule has 2 aromatic carbocycles. The third kappa shape index (κ3) is 2.28. The molecule has 1 aliphatic heterocycles. The van der Waals surface area contributed by atoms with Gasteiger partial charge in [0.2, 0.25) is 0 Å². The van der Waals surface area contributed by atoms with Crippen LogP contribution in [0.1, 0.15) is 21.9 Å². The minimum Gasteiger partial charge on any atom is -0.301 e. The lowest BCUT2D eigenvalue weighted by Crippen LogP contribution is -2.30. The van der Waals surface area contributed by atoms with E-state index in [1.165, 1.54) is 26.1 Å². The molecule has 1 nitrogen and oxygen atoms in total. The second kappa shape index (κ2) is 5.13. The van der Waals surface area contributed by atoms with Gasteiger partial charge in [0.1, 0.15) is 0 Å². The Hall–Kier alpha value is -1.35. The minimum atomic E-state index is 0.452. The predicted octanol–water partition coefficient (Wildman–Crippen LogP) is 5.13. The molecule has 0 radical (unpaired) electrons. The van der Waals surface area contributed by atoms with E-state index >= 15 is 0 Å². The van der Waals surface area contributed by atoms with E-state index in [1.54, 1.807) is 0 Å². The molecular formula is C18H16ClNS. The van der Waals surface area contributed by atoms with E-state index in [0.29, 0.717) is 5.92 Å². The van der Waals surface area contributed by atoms with Crippen LogP contribution in [0.2, 0.25) is 5.02 Å². The molecule has 0 saturated carbocycles. The molecule has 1 atom stereocenters. The fourth-order valence-corrected chi connectivity index (χ4v) is 4.72. The summed E-state index contributed by atoms with van der Waals surface area (Å²) in [5.74, 6) is 0.452. The Labute approximate surface area is 133 Å². The van der Waals surface area contributed by atoms with Crippen molar-refractivity contribution in [1.82, 2.24) is 4.90 Å². The molecule has 1 aliphatic rings. The number of hydrogen-bond donors (Lipinski definition) is 0. The second-order valence-corrected chi connectivity index (χ2v) is 7.25. The molecular weight excluding hydrogens is 298 g/mol. The van der Waals surface area contributed by atoms with Gasteiger partial charge in [0.05, 0.1) is 9.72 Å². The van der Waals surface area contributed by atoms with E-state index < -0.39 is 0 Å². The maximum Gasteiger partial charge on any atom is 0.0584 e. The number of hydrogen-bond acceptors (Lipinski definition) is 2. The predicted molar refractivity (Wildman–Crippen MR) is 91.5 cm³/mol. The molecule has 0 N–H and O–H groups in total. The molecule has 21 heavy (non-hydrogen) atoms. The van der Waals surface area contributed by atoms with Gasteiger partial charge in [0.25, 0.3) is 0 Å². The Morgan fingerprint density at radius 1 is 1.14 bits per heavy atom. The Bertz CT molecular complexity index is 808. The summed E-state index contributed by atoms with van der Waals surface area (Å²) in [4.78, 5) is 3.82. The molecule has 3 heteroatoms. The minimum absolute atomic E-state index is 0.452. The van der Waals surface area contributed by atoms with Crippen LogP contribution in [0, 0.1) is 0 Å². The zero-order valence-corrected chi connectivity index (χ0v) is 13.4. The van der Waals surface area contributed by atoms with Crippen molar-refractivity contribution in [3.05, 3.63) is 69.6 Å². The van der Waals surface area contributed by atoms with Gasteiger partial charge in [0.15, 0.2) is 0 Å². The molecule has 0 aliphatic carbocycles. The highest BCUT2D eigenvalue weighted by Gasteiger charge is 2.25. The number of halogens is 1. The van der Waals surface area contributed by atoms with Gasteiger partial charge in [-0.25, -0.2) is 0 Å². The van der Waals surface area contributed by atoms with Crippen LogP contribution in [-0.4, -0.2) is 18.5 Å². The first-order valence-corrected chi connectivity index (χ1v) is 8.36. The molecule has 0 saturated heterocycles. The van der Waals surface area contributed by atoms with Crippen molar-refractivity contribution in [2.45, 2.75) is 12.5 Å². The third-order valence-corrected chi connectivity index (χ3v) is 5.95. The zero-order chi connectivity index (χ0) is 14.4. The van der Waals surface area contributed by atoms with Crippen LogP contribution in [0.4, 0.5) is 0 Å². The van der Waals surface area contributed by atoms with Crippen LogP contribution >= 0.6 is 22.9 Å². The van der Waals surface area contributed by atoms with Gasteiger partial charge in [0, 0.05) is 23.9 Å². The molecule has 2 heterocycles. The van der Waals surface area contributed by atoms with Gasteiger partial charge in [-0.1, -0.05) is 48.0 Å². The lowest BCUT2D eigenvalue weighted by molar-refractivity contribution is 0.296. The van der Waals surface area contributed by atoms with E-state index in [9.17, 15) is 0 Å². The lowest BCUT2D eigenvalue weighted by atomic mass is 9.89. The number of benzene rings is 2. The Balaban J connectivity index is 1.86. The van der Waals surface area contributed by atoms with Crippen LogP contribution in [0.3, 0.4) is 0 Å². The average Bonchev–Trinajstić information content (AvgIpc) is 2.92. The summed E-state index contributed by atoms with van der Waals surface area (Å²) in [5, 5.41) is 2.12. The van der Waals surface area contributed by atoms with Crippen molar-refractivity contribution >= 4 is 33.0 Å². The fourth-order valence-electron chi connectivity index (χ4n) is 3.25. The standard InChI is InChI=1S/C18H16ClNS/c1-20-10-13-5-2-3-7-14(13)15(11-20)17-9-12-6-4-8-16(19)18(12)21-17/h2-9,15H,10-11H2,1H3. The second-order valence-electron chi connectivity index (χ2n) is 5.76. The highest BCUT2D eigenvalue weighted by atomic mass is 35.5. The van der Waals surface area contributed by atoms with Crippen molar-refractivity contribution in [2.24, 2.45) is 0 Å². The molecule has 1 unspecified atom stereocenters. The Morgan fingerprint density at radius 3 is 2.86 bits per heavy atom. The molecule has 3 aromatic rings. The number of nitrogens with zero attached hydrogens (tertiary/aromatic N) is 1. The smallest absolute Gasteiger partial charge is 0.0584 e. The van der Waals surface area contributed by atoms with E-state index in [4.69, 9.17) is 11.6 Å². The van der Waals surface area contributed by atoms with E-state index in [0.717, 1.165) is 18.1 Å². The van der Waals surface area contributed by atoms with Crippen molar-refractivity contribution < 1.29 is 0 Å². The summed E-state index contributed by atoms with van der Waals surface area (Å²) in [5.41, 5.74) is 2.91. The molecule has 0 fully saturated rings.